The first kappa shape index (κ1) is 24.2. The van der Waals surface area contributed by atoms with E-state index in [-0.39, 0.29) is 29.9 Å². The standard InChI is InChI=1S/C18H34N4OS2.HI/c1-19-18(20-9-3-4-12-24-2)21-16-7-5-15(6-8-16)17(23)22-10-13-25-14-11-22;/h15-16H,3-14H2,1-2H3,(H2,19,20,21);1H. The van der Waals surface area contributed by atoms with E-state index in [9.17, 15) is 4.79 Å². The molecule has 152 valence electrons. The Kier molecular flexibility index (Phi) is 13.2. The van der Waals surface area contributed by atoms with Crippen molar-refractivity contribution in [2.45, 2.75) is 44.6 Å². The number of guanidine groups is 1. The third kappa shape index (κ3) is 8.46. The van der Waals surface area contributed by atoms with Crippen LogP contribution >= 0.6 is 47.5 Å². The van der Waals surface area contributed by atoms with Gasteiger partial charge in [0.05, 0.1) is 0 Å². The number of aliphatic imine (C=N–C) groups is 1. The van der Waals surface area contributed by atoms with Crippen molar-refractivity contribution in [1.29, 1.82) is 0 Å². The lowest BCUT2D eigenvalue weighted by Crippen LogP contribution is -2.47. The van der Waals surface area contributed by atoms with Crippen LogP contribution in [0.3, 0.4) is 0 Å². The van der Waals surface area contributed by atoms with Crippen LogP contribution in [-0.4, -0.2) is 73.0 Å². The summed E-state index contributed by atoms with van der Waals surface area (Å²) >= 11 is 3.86. The highest BCUT2D eigenvalue weighted by Gasteiger charge is 2.30. The molecule has 2 fully saturated rings. The van der Waals surface area contributed by atoms with E-state index in [0.29, 0.717) is 11.9 Å². The molecule has 1 saturated heterocycles. The molecule has 1 aliphatic heterocycles. The molecule has 1 amide bonds. The predicted molar refractivity (Wildman–Crippen MR) is 127 cm³/mol. The molecule has 0 unspecified atom stereocenters. The van der Waals surface area contributed by atoms with Gasteiger partial charge in [-0.2, -0.15) is 23.5 Å². The molecule has 1 saturated carbocycles. The Balaban J connectivity index is 0.00000338. The number of hydrogen-bond acceptors (Lipinski definition) is 4. The van der Waals surface area contributed by atoms with E-state index in [1.807, 2.05) is 30.6 Å². The smallest absolute Gasteiger partial charge is 0.225 e. The molecular formula is C18H35IN4OS2. The van der Waals surface area contributed by atoms with Crippen molar-refractivity contribution < 1.29 is 4.79 Å². The third-order valence-corrected chi connectivity index (χ3v) is 6.67. The van der Waals surface area contributed by atoms with Gasteiger partial charge in [-0.05, 0) is 50.5 Å². The van der Waals surface area contributed by atoms with Gasteiger partial charge in [0.2, 0.25) is 5.91 Å². The lowest BCUT2D eigenvalue weighted by molar-refractivity contribution is -0.136. The number of nitrogens with zero attached hydrogens (tertiary/aromatic N) is 2. The number of halogens is 1. The molecule has 0 radical (unpaired) electrons. The fourth-order valence-electron chi connectivity index (χ4n) is 3.49. The maximum absolute atomic E-state index is 12.6. The lowest BCUT2D eigenvalue weighted by Gasteiger charge is -2.34. The van der Waals surface area contributed by atoms with E-state index >= 15 is 0 Å². The SMILES string of the molecule is CN=C(NCCCCSC)NC1CCC(C(=O)N2CCSCC2)CC1.I. The molecule has 1 aliphatic carbocycles. The van der Waals surface area contributed by atoms with Gasteiger partial charge in [0, 0.05) is 50.1 Å². The van der Waals surface area contributed by atoms with Gasteiger partial charge in [-0.25, -0.2) is 0 Å². The largest absolute Gasteiger partial charge is 0.356 e. The number of rotatable bonds is 7. The van der Waals surface area contributed by atoms with E-state index in [1.54, 1.807) is 0 Å². The average Bonchev–Trinajstić information content (AvgIpc) is 2.67. The number of unbranched alkanes of at least 4 members (excludes halogenated alkanes) is 1. The van der Waals surface area contributed by atoms with Crippen molar-refractivity contribution in [1.82, 2.24) is 15.5 Å². The van der Waals surface area contributed by atoms with Gasteiger partial charge in [0.25, 0.3) is 0 Å². The van der Waals surface area contributed by atoms with Crippen LogP contribution in [0.4, 0.5) is 0 Å². The Morgan fingerprint density at radius 1 is 1.19 bits per heavy atom. The zero-order chi connectivity index (χ0) is 17.9. The maximum Gasteiger partial charge on any atom is 0.225 e. The summed E-state index contributed by atoms with van der Waals surface area (Å²) in [6, 6.07) is 0.443. The zero-order valence-electron chi connectivity index (χ0n) is 16.2. The summed E-state index contributed by atoms with van der Waals surface area (Å²) in [6.45, 7) is 2.85. The van der Waals surface area contributed by atoms with Gasteiger partial charge in [-0.3, -0.25) is 9.79 Å². The minimum absolute atomic E-state index is 0. The normalized spacial score (nSPS) is 23.9. The van der Waals surface area contributed by atoms with Crippen LogP contribution in [-0.2, 0) is 4.79 Å². The van der Waals surface area contributed by atoms with Gasteiger partial charge in [-0.15, -0.1) is 24.0 Å². The van der Waals surface area contributed by atoms with Crippen LogP contribution in [0.5, 0.6) is 0 Å². The molecule has 8 heteroatoms. The van der Waals surface area contributed by atoms with Gasteiger partial charge in [-0.1, -0.05) is 0 Å². The van der Waals surface area contributed by atoms with Crippen molar-refractivity contribution in [3.05, 3.63) is 0 Å². The molecule has 0 bridgehead atoms. The predicted octanol–water partition coefficient (Wildman–Crippen LogP) is 3.05. The minimum Gasteiger partial charge on any atom is -0.356 e. The number of amides is 1. The maximum atomic E-state index is 12.6. The second kappa shape index (κ2) is 14.2. The van der Waals surface area contributed by atoms with Gasteiger partial charge in [0.1, 0.15) is 0 Å². The molecule has 0 atom stereocenters. The number of thioether (sulfide) groups is 2. The molecule has 5 nitrogen and oxygen atoms in total. The average molecular weight is 515 g/mol. The Bertz CT molecular complexity index is 425. The van der Waals surface area contributed by atoms with Crippen molar-refractivity contribution >= 4 is 59.4 Å². The molecule has 2 N–H and O–H groups in total. The van der Waals surface area contributed by atoms with E-state index in [2.05, 4.69) is 26.8 Å². The van der Waals surface area contributed by atoms with E-state index in [0.717, 1.165) is 62.8 Å². The molecule has 0 aromatic carbocycles. The number of hydrogen-bond donors (Lipinski definition) is 2. The first-order valence-electron chi connectivity index (χ1n) is 9.57. The highest BCUT2D eigenvalue weighted by molar-refractivity contribution is 14.0. The number of nitrogens with one attached hydrogen (secondary N) is 2. The van der Waals surface area contributed by atoms with Gasteiger partial charge < -0.3 is 15.5 Å². The summed E-state index contributed by atoms with van der Waals surface area (Å²) < 4.78 is 0. The summed E-state index contributed by atoms with van der Waals surface area (Å²) in [6.07, 6.45) is 8.71. The first-order chi connectivity index (χ1) is 12.2. The first-order valence-corrected chi connectivity index (χ1v) is 12.1. The second-order valence-corrected chi connectivity index (χ2v) is 9.04. The molecule has 0 spiro atoms. The summed E-state index contributed by atoms with van der Waals surface area (Å²) in [7, 11) is 1.83. The Hall–Kier alpha value is 0.170. The quantitative estimate of drug-likeness (QED) is 0.237. The Labute approximate surface area is 184 Å². The van der Waals surface area contributed by atoms with E-state index < -0.39 is 0 Å². The molecule has 0 aromatic heterocycles. The zero-order valence-corrected chi connectivity index (χ0v) is 20.1. The highest BCUT2D eigenvalue weighted by atomic mass is 127. The topological polar surface area (TPSA) is 56.7 Å². The second-order valence-electron chi connectivity index (χ2n) is 6.83. The van der Waals surface area contributed by atoms with Crippen LogP contribution in [0.25, 0.3) is 0 Å². The molecule has 26 heavy (non-hydrogen) atoms. The molecule has 1 heterocycles. The monoisotopic (exact) mass is 514 g/mol. The summed E-state index contributed by atoms with van der Waals surface area (Å²) in [4.78, 5) is 19.1. The molecule has 0 aromatic rings. The Morgan fingerprint density at radius 2 is 1.88 bits per heavy atom. The van der Waals surface area contributed by atoms with Crippen molar-refractivity contribution in [3.8, 4) is 0 Å². The minimum atomic E-state index is 0. The lowest BCUT2D eigenvalue weighted by atomic mass is 9.85. The van der Waals surface area contributed by atoms with Crippen LogP contribution in [0, 0.1) is 5.92 Å². The van der Waals surface area contributed by atoms with Gasteiger partial charge >= 0.3 is 0 Å². The summed E-state index contributed by atoms with van der Waals surface area (Å²) in [5.41, 5.74) is 0. The van der Waals surface area contributed by atoms with Crippen LogP contribution in [0.15, 0.2) is 4.99 Å². The third-order valence-electron chi connectivity index (χ3n) is 5.03. The van der Waals surface area contributed by atoms with E-state index in [4.69, 9.17) is 0 Å². The highest BCUT2D eigenvalue weighted by Crippen LogP contribution is 2.27. The van der Waals surface area contributed by atoms with Crippen molar-refractivity contribution in [2.75, 3.05) is 50.2 Å². The van der Waals surface area contributed by atoms with Crippen LogP contribution in [0.2, 0.25) is 0 Å². The number of carbonyl (C=O) groups is 1. The van der Waals surface area contributed by atoms with E-state index in [1.165, 1.54) is 18.6 Å². The fourth-order valence-corrected chi connectivity index (χ4v) is 4.89. The molecule has 2 aliphatic rings. The van der Waals surface area contributed by atoms with Crippen LogP contribution in [0.1, 0.15) is 38.5 Å². The summed E-state index contributed by atoms with van der Waals surface area (Å²) in [5.74, 6) is 4.97. The van der Waals surface area contributed by atoms with Gasteiger partial charge in [0.15, 0.2) is 5.96 Å². The van der Waals surface area contributed by atoms with Crippen LogP contribution < -0.4 is 10.6 Å². The Morgan fingerprint density at radius 3 is 2.50 bits per heavy atom. The summed E-state index contributed by atoms with van der Waals surface area (Å²) in [5, 5.41) is 6.95. The molecular weight excluding hydrogens is 479 g/mol. The molecule has 2 rings (SSSR count). The van der Waals surface area contributed by atoms with Crippen molar-refractivity contribution in [2.24, 2.45) is 10.9 Å². The number of carbonyl (C=O) groups excluding carboxylic acids is 1. The van der Waals surface area contributed by atoms with Crippen molar-refractivity contribution in [3.63, 3.8) is 0 Å². The fraction of sp³-hybridized carbons (Fsp3) is 0.889.